The van der Waals surface area contributed by atoms with E-state index in [9.17, 15) is 4.79 Å². The average Bonchev–Trinajstić information content (AvgIpc) is 3.12. The van der Waals surface area contributed by atoms with E-state index in [4.69, 9.17) is 20.8 Å². The highest BCUT2D eigenvalue weighted by Gasteiger charge is 2.24. The first-order valence-corrected chi connectivity index (χ1v) is 10.6. The van der Waals surface area contributed by atoms with Gasteiger partial charge < -0.3 is 19.0 Å². The van der Waals surface area contributed by atoms with E-state index in [-0.39, 0.29) is 11.2 Å². The SMILES string of the molecule is CCN1CCN(Cc2cnc3oc4c(N5CCOCC5)nc(Cl)nc4c3c2)CC1=O. The molecule has 2 fully saturated rings. The molecule has 1 amide bonds. The normalized spacial score (nSPS) is 18.7. The van der Waals surface area contributed by atoms with Gasteiger partial charge in [-0.25, -0.2) is 9.97 Å². The van der Waals surface area contributed by atoms with Crippen LogP contribution in [0.15, 0.2) is 16.7 Å². The molecular weight excluding hydrogens is 408 g/mol. The molecule has 5 rings (SSSR count). The summed E-state index contributed by atoms with van der Waals surface area (Å²) in [6.45, 7) is 8.14. The van der Waals surface area contributed by atoms with Crippen molar-refractivity contribution in [1.82, 2.24) is 24.8 Å². The van der Waals surface area contributed by atoms with E-state index >= 15 is 0 Å². The molecule has 9 nitrogen and oxygen atoms in total. The zero-order chi connectivity index (χ0) is 20.7. The predicted octanol–water partition coefficient (Wildman–Crippen LogP) is 1.93. The van der Waals surface area contributed by atoms with Crippen molar-refractivity contribution in [3.63, 3.8) is 0 Å². The standard InChI is InChI=1S/C20H23ClN6O3/c1-2-26-4-3-25(12-15(26)28)11-13-9-14-16-17(30-19(14)22-10-13)18(24-20(21)23-16)27-5-7-29-8-6-27/h9-10H,2-8,11-12H2,1H3. The highest BCUT2D eigenvalue weighted by molar-refractivity contribution is 6.29. The summed E-state index contributed by atoms with van der Waals surface area (Å²) in [7, 11) is 0. The fraction of sp³-hybridized carbons (Fsp3) is 0.500. The second kappa shape index (κ2) is 7.98. The monoisotopic (exact) mass is 430 g/mol. The van der Waals surface area contributed by atoms with Crippen molar-refractivity contribution in [3.05, 3.63) is 23.1 Å². The van der Waals surface area contributed by atoms with Crippen molar-refractivity contribution in [2.24, 2.45) is 0 Å². The van der Waals surface area contributed by atoms with Gasteiger partial charge in [0.05, 0.1) is 25.1 Å². The Kier molecular flexibility index (Phi) is 5.18. The number of aromatic nitrogens is 3. The summed E-state index contributed by atoms with van der Waals surface area (Å²) < 4.78 is 11.5. The number of halogens is 1. The Morgan fingerprint density at radius 1 is 1.17 bits per heavy atom. The zero-order valence-corrected chi connectivity index (χ0v) is 17.6. The maximum Gasteiger partial charge on any atom is 0.236 e. The number of piperazine rings is 1. The maximum atomic E-state index is 12.2. The molecule has 0 unspecified atom stereocenters. The summed E-state index contributed by atoms with van der Waals surface area (Å²) in [5.41, 5.74) is 2.76. The molecule has 0 bridgehead atoms. The fourth-order valence-electron chi connectivity index (χ4n) is 4.09. The van der Waals surface area contributed by atoms with Crippen LogP contribution in [0.3, 0.4) is 0 Å². The molecule has 0 aliphatic carbocycles. The van der Waals surface area contributed by atoms with Crippen molar-refractivity contribution in [2.45, 2.75) is 13.5 Å². The van der Waals surface area contributed by atoms with Gasteiger partial charge in [0.15, 0.2) is 11.4 Å². The van der Waals surface area contributed by atoms with E-state index in [1.165, 1.54) is 0 Å². The topological polar surface area (TPSA) is 87.8 Å². The van der Waals surface area contributed by atoms with E-state index in [0.717, 1.165) is 43.7 Å². The number of ether oxygens (including phenoxy) is 1. The number of amides is 1. The molecule has 2 aliphatic rings. The van der Waals surface area contributed by atoms with Crippen molar-refractivity contribution in [1.29, 1.82) is 0 Å². The smallest absolute Gasteiger partial charge is 0.236 e. The summed E-state index contributed by atoms with van der Waals surface area (Å²) in [5, 5.41) is 0.984. The van der Waals surface area contributed by atoms with Gasteiger partial charge in [-0.15, -0.1) is 0 Å². The Balaban J connectivity index is 1.47. The van der Waals surface area contributed by atoms with Crippen LogP contribution in [0.25, 0.3) is 22.2 Å². The molecule has 3 aromatic rings. The average molecular weight is 431 g/mol. The molecule has 3 aromatic heterocycles. The van der Waals surface area contributed by atoms with Gasteiger partial charge in [0.25, 0.3) is 0 Å². The van der Waals surface area contributed by atoms with Crippen molar-refractivity contribution >= 4 is 45.5 Å². The molecule has 158 valence electrons. The van der Waals surface area contributed by atoms with E-state index in [1.54, 1.807) is 6.20 Å². The van der Waals surface area contributed by atoms with Crippen LogP contribution >= 0.6 is 11.6 Å². The molecule has 0 N–H and O–H groups in total. The van der Waals surface area contributed by atoms with Crippen LogP contribution in [0, 0.1) is 0 Å². The van der Waals surface area contributed by atoms with Gasteiger partial charge in [0.1, 0.15) is 5.52 Å². The van der Waals surface area contributed by atoms with Crippen LogP contribution in [-0.4, -0.2) is 83.1 Å². The van der Waals surface area contributed by atoms with E-state index in [0.29, 0.717) is 48.9 Å². The number of pyridine rings is 1. The van der Waals surface area contributed by atoms with Crippen molar-refractivity contribution in [2.75, 3.05) is 57.4 Å². The number of hydrogen-bond acceptors (Lipinski definition) is 8. The first kappa shape index (κ1) is 19.5. The van der Waals surface area contributed by atoms with Crippen molar-refractivity contribution < 1.29 is 13.9 Å². The lowest BCUT2D eigenvalue weighted by atomic mass is 10.2. The molecule has 2 aliphatic heterocycles. The lowest BCUT2D eigenvalue weighted by Crippen LogP contribution is -2.49. The summed E-state index contributed by atoms with van der Waals surface area (Å²) >= 11 is 6.25. The Hall–Kier alpha value is -2.49. The lowest BCUT2D eigenvalue weighted by molar-refractivity contribution is -0.135. The molecule has 10 heteroatoms. The fourth-order valence-corrected chi connectivity index (χ4v) is 4.26. The first-order valence-electron chi connectivity index (χ1n) is 10.2. The number of carbonyl (C=O) groups is 1. The van der Waals surface area contributed by atoms with Crippen LogP contribution in [-0.2, 0) is 16.1 Å². The Bertz CT molecular complexity index is 1100. The number of furan rings is 1. The number of likely N-dealkylation sites (N-methyl/N-ethyl adjacent to an activating group) is 1. The van der Waals surface area contributed by atoms with E-state index < -0.39 is 0 Å². The van der Waals surface area contributed by atoms with Gasteiger partial charge in [-0.3, -0.25) is 9.69 Å². The number of rotatable bonds is 4. The summed E-state index contributed by atoms with van der Waals surface area (Å²) in [6.07, 6.45) is 1.80. The highest BCUT2D eigenvalue weighted by Crippen LogP contribution is 2.33. The first-order chi connectivity index (χ1) is 14.6. The maximum absolute atomic E-state index is 12.2. The number of nitrogens with zero attached hydrogens (tertiary/aromatic N) is 6. The molecule has 0 aromatic carbocycles. The van der Waals surface area contributed by atoms with Crippen LogP contribution in [0.1, 0.15) is 12.5 Å². The Morgan fingerprint density at radius 3 is 2.77 bits per heavy atom. The largest absolute Gasteiger partial charge is 0.432 e. The molecule has 0 spiro atoms. The summed E-state index contributed by atoms with van der Waals surface area (Å²) in [6, 6.07) is 2.03. The molecule has 30 heavy (non-hydrogen) atoms. The zero-order valence-electron chi connectivity index (χ0n) is 16.8. The minimum Gasteiger partial charge on any atom is -0.432 e. The molecule has 5 heterocycles. The predicted molar refractivity (Wildman–Crippen MR) is 113 cm³/mol. The van der Waals surface area contributed by atoms with E-state index in [2.05, 4.69) is 24.8 Å². The second-order valence-electron chi connectivity index (χ2n) is 7.58. The molecule has 2 saturated heterocycles. The minimum absolute atomic E-state index is 0.168. The summed E-state index contributed by atoms with van der Waals surface area (Å²) in [4.78, 5) is 31.7. The van der Waals surface area contributed by atoms with Crippen molar-refractivity contribution in [3.8, 4) is 0 Å². The molecule has 0 radical (unpaired) electrons. The third-order valence-corrected chi connectivity index (χ3v) is 5.85. The molecular formula is C20H23ClN6O3. The molecule has 0 atom stereocenters. The number of anilines is 1. The van der Waals surface area contributed by atoms with Crippen LogP contribution in [0.4, 0.5) is 5.82 Å². The summed E-state index contributed by atoms with van der Waals surface area (Å²) in [5.74, 6) is 0.843. The number of carbonyl (C=O) groups excluding carboxylic acids is 1. The number of hydrogen-bond donors (Lipinski definition) is 0. The van der Waals surface area contributed by atoms with Gasteiger partial charge >= 0.3 is 0 Å². The third kappa shape index (κ3) is 3.57. The highest BCUT2D eigenvalue weighted by atomic mass is 35.5. The van der Waals surface area contributed by atoms with Gasteiger partial charge in [-0.1, -0.05) is 0 Å². The minimum atomic E-state index is 0.168. The third-order valence-electron chi connectivity index (χ3n) is 5.68. The Labute approximate surface area is 178 Å². The van der Waals surface area contributed by atoms with Gasteiger partial charge in [0.2, 0.25) is 16.9 Å². The number of morpholine rings is 1. The second-order valence-corrected chi connectivity index (χ2v) is 7.91. The molecule has 0 saturated carbocycles. The number of fused-ring (bicyclic) bond motifs is 3. The Morgan fingerprint density at radius 2 is 2.00 bits per heavy atom. The van der Waals surface area contributed by atoms with Crippen LogP contribution in [0.2, 0.25) is 5.28 Å². The van der Waals surface area contributed by atoms with Gasteiger partial charge in [0, 0.05) is 45.5 Å². The quantitative estimate of drug-likeness (QED) is 0.580. The lowest BCUT2D eigenvalue weighted by Gasteiger charge is -2.33. The van der Waals surface area contributed by atoms with E-state index in [1.807, 2.05) is 17.9 Å². The van der Waals surface area contributed by atoms with Crippen LogP contribution in [0.5, 0.6) is 0 Å². The van der Waals surface area contributed by atoms with Crippen LogP contribution < -0.4 is 4.90 Å². The van der Waals surface area contributed by atoms with Gasteiger partial charge in [-0.2, -0.15) is 4.98 Å². The van der Waals surface area contributed by atoms with Gasteiger partial charge in [-0.05, 0) is 30.2 Å².